The minimum atomic E-state index is 0. The Morgan fingerprint density at radius 2 is 2.00 bits per heavy atom. The third-order valence-corrected chi connectivity index (χ3v) is 1.36. The smallest absolute Gasteiger partial charge is 0.0180 e. The summed E-state index contributed by atoms with van der Waals surface area (Å²) in [4.78, 5) is 4.20. The van der Waals surface area contributed by atoms with Crippen molar-refractivity contribution in [2.24, 2.45) is 4.99 Å². The van der Waals surface area contributed by atoms with E-state index in [-0.39, 0.29) is 0 Å². The van der Waals surface area contributed by atoms with E-state index in [0.29, 0.717) is 0 Å². The van der Waals surface area contributed by atoms with E-state index in [1.165, 1.54) is 11.5 Å². The maximum Gasteiger partial charge on any atom is 0.0180 e. The predicted molar refractivity (Wildman–Crippen MR) is 44.9 cm³/mol. The molecule has 11 heavy (non-hydrogen) atoms. The first-order chi connectivity index (χ1) is 4.68. The van der Waals surface area contributed by atoms with E-state index < -0.39 is 0 Å². The SMILES string of the molecule is CC1=C[C-](C)C=NC(C)=C1.[Lr]. The fraction of sp³-hybridized carbons (Fsp3) is 0.333. The van der Waals surface area contributed by atoms with E-state index in [0.717, 1.165) is 5.70 Å². The summed E-state index contributed by atoms with van der Waals surface area (Å²) in [5.74, 6) is 1.21. The zero-order valence-electron chi connectivity index (χ0n) is 6.94. The summed E-state index contributed by atoms with van der Waals surface area (Å²) in [7, 11) is 0. The van der Waals surface area contributed by atoms with Gasteiger partial charge in [0.05, 0.1) is 0 Å². The molecule has 1 radical (unpaired) electrons. The Labute approximate surface area is 62.2 Å². The topological polar surface area (TPSA) is 12.4 Å². The molecule has 0 unspecified atom stereocenters. The second-order valence-corrected chi connectivity index (χ2v) is 2.68. The Kier molecular flexibility index (Phi) is 2.67. The van der Waals surface area contributed by atoms with E-state index in [1.807, 2.05) is 13.1 Å². The molecule has 0 spiro atoms. The van der Waals surface area contributed by atoms with Gasteiger partial charge in [0.15, 0.2) is 0 Å². The average molecular weight is 396 g/mol. The molecule has 0 aliphatic carbocycles. The van der Waals surface area contributed by atoms with Crippen LogP contribution in [0, 0.1) is 5.92 Å². The molecule has 0 aromatic heterocycles. The van der Waals surface area contributed by atoms with Gasteiger partial charge in [0.2, 0.25) is 0 Å². The van der Waals surface area contributed by atoms with Crippen molar-refractivity contribution in [3.05, 3.63) is 29.3 Å². The Morgan fingerprint density at radius 3 is 2.64 bits per heavy atom. The number of hydrogen-bond acceptors (Lipinski definition) is 1. The summed E-state index contributed by atoms with van der Waals surface area (Å²) in [5.41, 5.74) is 2.35. The normalized spacial score (nSPS) is 16.5. The average Bonchev–Trinajstić information content (AvgIpc) is 1.93. The van der Waals surface area contributed by atoms with Gasteiger partial charge >= 0.3 is 0 Å². The number of aliphatic imine (C=N–C) groups is 1. The van der Waals surface area contributed by atoms with Gasteiger partial charge in [-0.25, -0.2) is 6.08 Å². The van der Waals surface area contributed by atoms with Gasteiger partial charge < -0.3 is 0 Å². The van der Waals surface area contributed by atoms with Crippen LogP contribution in [0.4, 0.5) is 0 Å². The molecule has 1 rings (SSSR count). The third-order valence-electron chi connectivity index (χ3n) is 1.36. The Hall–Kier alpha value is -1.98. The van der Waals surface area contributed by atoms with Crippen molar-refractivity contribution in [1.82, 2.24) is 0 Å². The van der Waals surface area contributed by atoms with Crippen LogP contribution < -0.4 is 0 Å². The largest absolute Gasteiger partial charge is 0.282 e. The molecule has 0 aromatic carbocycles. The summed E-state index contributed by atoms with van der Waals surface area (Å²) in [5, 5.41) is 0. The van der Waals surface area contributed by atoms with Gasteiger partial charge in [-0.3, -0.25) is 4.99 Å². The number of nitrogens with zero attached hydrogens (tertiary/aromatic N) is 1. The zero-order chi connectivity index (χ0) is 7.56. The molecule has 0 amide bonds. The maximum atomic E-state index is 4.20. The summed E-state index contributed by atoms with van der Waals surface area (Å²) in [6.45, 7) is 6.15. The monoisotopic (exact) mass is 396 g/mol. The number of hydrogen-bond donors (Lipinski definition) is 0. The summed E-state index contributed by atoms with van der Waals surface area (Å²) in [6.07, 6.45) is 6.09. The molecule has 1 aliphatic heterocycles. The van der Waals surface area contributed by atoms with Gasteiger partial charge in [-0.1, -0.05) is 6.21 Å². The van der Waals surface area contributed by atoms with Crippen molar-refractivity contribution < 1.29 is 0 Å². The van der Waals surface area contributed by atoms with Crippen LogP contribution in [0.5, 0.6) is 0 Å². The molecule has 1 aliphatic rings. The van der Waals surface area contributed by atoms with Gasteiger partial charge in [-0.05, 0) is 6.92 Å². The van der Waals surface area contributed by atoms with E-state index in [1.54, 1.807) is 0 Å². The van der Waals surface area contributed by atoms with Crippen LogP contribution in [-0.4, -0.2) is 6.21 Å². The fourth-order valence-corrected chi connectivity index (χ4v) is 1.01. The molecule has 1 nitrogen and oxygen atoms in total. The van der Waals surface area contributed by atoms with Crippen LogP contribution in [0.15, 0.2) is 28.4 Å². The second-order valence-electron chi connectivity index (χ2n) is 2.68. The van der Waals surface area contributed by atoms with E-state index >= 15 is 0 Å². The molecular formula is C9H12LrN-. The van der Waals surface area contributed by atoms with Crippen LogP contribution in [0.2, 0.25) is 0 Å². The Balaban J connectivity index is 0.000001000. The molecular weight excluding hydrogens is 384 g/mol. The minimum Gasteiger partial charge on any atom is -0.282 e. The summed E-state index contributed by atoms with van der Waals surface area (Å²) >= 11 is 0. The van der Waals surface area contributed by atoms with Crippen molar-refractivity contribution >= 4 is 6.21 Å². The number of allylic oxidation sites excluding steroid dienone is 4. The molecule has 0 aromatic rings. The molecule has 0 N–H and O–H groups in total. The first-order valence-electron chi connectivity index (χ1n) is 3.43. The first kappa shape index (κ1) is 9.02. The van der Waals surface area contributed by atoms with Gasteiger partial charge in [0.25, 0.3) is 0 Å². The first-order valence-corrected chi connectivity index (χ1v) is 3.43. The van der Waals surface area contributed by atoms with Crippen LogP contribution in [0.25, 0.3) is 0 Å². The molecule has 1 heterocycles. The predicted octanol–water partition coefficient (Wildman–Crippen LogP) is 2.52. The minimum absolute atomic E-state index is 0. The van der Waals surface area contributed by atoms with Crippen molar-refractivity contribution in [3.63, 3.8) is 0 Å². The Bertz CT molecular complexity index is 214. The van der Waals surface area contributed by atoms with Crippen molar-refractivity contribution in [2.75, 3.05) is 0 Å². The van der Waals surface area contributed by atoms with Crippen LogP contribution in [0.1, 0.15) is 20.8 Å². The molecule has 69 valence electrons. The molecule has 0 saturated heterocycles. The summed E-state index contributed by atoms with van der Waals surface area (Å²) in [6, 6.07) is 0. The molecule has 0 fully saturated rings. The zero-order valence-corrected chi connectivity index (χ0v) is 9.09. The Morgan fingerprint density at radius 1 is 1.36 bits per heavy atom. The van der Waals surface area contributed by atoms with Crippen LogP contribution >= 0.6 is 0 Å². The van der Waals surface area contributed by atoms with E-state index in [2.05, 4.69) is 31.0 Å². The molecule has 0 atom stereocenters. The van der Waals surface area contributed by atoms with Crippen molar-refractivity contribution in [3.8, 4) is 0 Å². The standard InChI is InChI=1S/C9H12N.Lr/c1-7-4-8(2)6-10-9(3)5-7;/h4-6H,1-3H3;/q-1;. The van der Waals surface area contributed by atoms with E-state index in [9.17, 15) is 0 Å². The van der Waals surface area contributed by atoms with Gasteiger partial charge in [0, 0.05) is 5.70 Å². The molecule has 0 saturated carbocycles. The van der Waals surface area contributed by atoms with Crippen molar-refractivity contribution in [1.29, 1.82) is 0 Å². The fourth-order valence-electron chi connectivity index (χ4n) is 1.01. The van der Waals surface area contributed by atoms with Crippen molar-refractivity contribution in [2.45, 2.75) is 20.8 Å². The molecule has 2 heteroatoms. The van der Waals surface area contributed by atoms with Gasteiger partial charge in [0.1, 0.15) is 0 Å². The van der Waals surface area contributed by atoms with Crippen LogP contribution in [-0.2, 0) is 0 Å². The quantitative estimate of drug-likeness (QED) is 0.559. The third kappa shape index (κ3) is 2.39. The van der Waals surface area contributed by atoms with Crippen LogP contribution in [0.3, 0.4) is 0 Å². The van der Waals surface area contributed by atoms with Gasteiger partial charge in [-0.2, -0.15) is 11.5 Å². The number of rotatable bonds is 0. The van der Waals surface area contributed by atoms with Gasteiger partial charge in [-0.15, -0.1) is 19.9 Å². The van der Waals surface area contributed by atoms with E-state index in [4.69, 9.17) is 0 Å². The maximum absolute atomic E-state index is 4.20. The second kappa shape index (κ2) is 3.25. The molecule has 0 bridgehead atoms. The summed E-state index contributed by atoms with van der Waals surface area (Å²) < 4.78 is 0.